The quantitative estimate of drug-likeness (QED) is 0.327. The molecule has 6 rings (SSSR count). The van der Waals surface area contributed by atoms with Gasteiger partial charge in [0.2, 0.25) is 0 Å². The van der Waals surface area contributed by atoms with Gasteiger partial charge in [-0.2, -0.15) is 0 Å². The third-order valence-electron chi connectivity index (χ3n) is 6.79. The van der Waals surface area contributed by atoms with Crippen LogP contribution in [-0.4, -0.2) is 18.9 Å². The van der Waals surface area contributed by atoms with E-state index in [0.29, 0.717) is 11.4 Å². The van der Waals surface area contributed by atoms with Crippen molar-refractivity contribution in [1.82, 2.24) is 0 Å². The highest BCUT2D eigenvalue weighted by molar-refractivity contribution is 6.09. The third-order valence-corrected chi connectivity index (χ3v) is 6.79. The molecule has 168 valence electrons. The lowest BCUT2D eigenvalue weighted by molar-refractivity contribution is 0.103. The van der Waals surface area contributed by atoms with Crippen LogP contribution in [0.1, 0.15) is 27.0 Å². The highest BCUT2D eigenvalue weighted by Gasteiger charge is 2.25. The molecule has 0 bridgehead atoms. The normalized spacial score (nSPS) is 14.3. The molecule has 2 aliphatic rings. The summed E-state index contributed by atoms with van der Waals surface area (Å²) in [6, 6.07) is 25.1. The predicted molar refractivity (Wildman–Crippen MR) is 131 cm³/mol. The number of hydrogen-bond acceptors (Lipinski definition) is 3. The van der Waals surface area contributed by atoms with Crippen molar-refractivity contribution in [1.29, 1.82) is 0 Å². The Kier molecular flexibility index (Phi) is 4.91. The summed E-state index contributed by atoms with van der Waals surface area (Å²) in [6.07, 6.45) is 1.77. The van der Waals surface area contributed by atoms with Crippen LogP contribution in [-0.2, 0) is 12.8 Å². The molecule has 5 heteroatoms. The monoisotopic (exact) mass is 452 g/mol. The first-order valence-corrected chi connectivity index (χ1v) is 11.4. The summed E-state index contributed by atoms with van der Waals surface area (Å²) in [7, 11) is 0. The van der Waals surface area contributed by atoms with Crippen LogP contribution in [0.25, 0.3) is 0 Å². The number of halogens is 2. The Morgan fingerprint density at radius 1 is 0.618 bits per heavy atom. The molecule has 0 N–H and O–H groups in total. The van der Waals surface area contributed by atoms with Gasteiger partial charge in [0.1, 0.15) is 11.6 Å². The van der Waals surface area contributed by atoms with Crippen LogP contribution in [0.5, 0.6) is 0 Å². The van der Waals surface area contributed by atoms with E-state index in [1.165, 1.54) is 35.4 Å². The molecule has 4 aromatic carbocycles. The van der Waals surface area contributed by atoms with E-state index in [-0.39, 0.29) is 11.1 Å². The molecule has 34 heavy (non-hydrogen) atoms. The lowest BCUT2D eigenvalue weighted by atomic mass is 10.0. The molecular formula is C29H22F2N2O. The molecular weight excluding hydrogens is 430 g/mol. The Balaban J connectivity index is 1.27. The second kappa shape index (κ2) is 8.10. The van der Waals surface area contributed by atoms with Gasteiger partial charge in [-0.3, -0.25) is 4.79 Å². The minimum absolute atomic E-state index is 0.130. The lowest BCUT2D eigenvalue weighted by Crippen LogP contribution is -2.15. The number of para-hydroxylation sites is 2. The van der Waals surface area contributed by atoms with Gasteiger partial charge in [-0.05, 0) is 72.5 Å². The number of benzene rings is 4. The Morgan fingerprint density at radius 3 is 1.50 bits per heavy atom. The fraction of sp³-hybridized carbons (Fsp3) is 0.138. The summed E-state index contributed by atoms with van der Waals surface area (Å²) >= 11 is 0. The highest BCUT2D eigenvalue weighted by Crippen LogP contribution is 2.37. The van der Waals surface area contributed by atoms with Crippen molar-refractivity contribution in [3.05, 3.63) is 119 Å². The standard InChI is InChI=1S/C29H22F2N2O/c30-25-17-21(32-15-13-19-5-1-3-7-27(19)32)9-11-23(25)29(34)24-12-10-22(18-26(24)31)33-16-14-20-6-2-4-8-28(20)33/h1-12,17-18H,13-16H2. The van der Waals surface area contributed by atoms with E-state index in [1.807, 2.05) is 46.2 Å². The molecule has 0 aromatic heterocycles. The summed E-state index contributed by atoms with van der Waals surface area (Å²) in [5.74, 6) is -1.95. The number of fused-ring (bicyclic) bond motifs is 2. The number of anilines is 4. The van der Waals surface area contributed by atoms with E-state index < -0.39 is 17.4 Å². The maximum absolute atomic E-state index is 15.1. The number of rotatable bonds is 4. The molecule has 0 saturated heterocycles. The van der Waals surface area contributed by atoms with Gasteiger partial charge in [0, 0.05) is 35.8 Å². The Hall–Kier alpha value is -3.99. The van der Waals surface area contributed by atoms with E-state index in [1.54, 1.807) is 12.1 Å². The van der Waals surface area contributed by atoms with Crippen LogP contribution in [0, 0.1) is 11.6 Å². The van der Waals surface area contributed by atoms with E-state index in [0.717, 1.165) is 37.3 Å². The van der Waals surface area contributed by atoms with Crippen molar-refractivity contribution in [2.45, 2.75) is 12.8 Å². The molecule has 2 heterocycles. The van der Waals surface area contributed by atoms with Gasteiger partial charge in [-0.1, -0.05) is 36.4 Å². The average Bonchev–Trinajstić information content (AvgIpc) is 3.48. The molecule has 0 saturated carbocycles. The first kappa shape index (κ1) is 20.6. The zero-order chi connectivity index (χ0) is 23.2. The van der Waals surface area contributed by atoms with Crippen molar-refractivity contribution in [2.24, 2.45) is 0 Å². The van der Waals surface area contributed by atoms with Crippen LogP contribution in [0.2, 0.25) is 0 Å². The molecule has 3 nitrogen and oxygen atoms in total. The lowest BCUT2D eigenvalue weighted by Gasteiger charge is -2.21. The minimum atomic E-state index is -0.656. The number of carbonyl (C=O) groups is 1. The van der Waals surface area contributed by atoms with E-state index in [4.69, 9.17) is 0 Å². The first-order chi connectivity index (χ1) is 16.6. The summed E-state index contributed by atoms with van der Waals surface area (Å²) in [6.45, 7) is 1.50. The van der Waals surface area contributed by atoms with Crippen LogP contribution < -0.4 is 9.80 Å². The van der Waals surface area contributed by atoms with E-state index >= 15 is 8.78 Å². The maximum atomic E-state index is 15.1. The summed E-state index contributed by atoms with van der Waals surface area (Å²) in [5.41, 5.74) is 5.63. The molecule has 0 radical (unpaired) electrons. The molecule has 0 unspecified atom stereocenters. The number of carbonyl (C=O) groups excluding carboxylic acids is 1. The maximum Gasteiger partial charge on any atom is 0.198 e. The van der Waals surface area contributed by atoms with Gasteiger partial charge in [0.15, 0.2) is 5.78 Å². The molecule has 0 spiro atoms. The van der Waals surface area contributed by atoms with Crippen LogP contribution in [0.3, 0.4) is 0 Å². The number of nitrogens with zero attached hydrogens (tertiary/aromatic N) is 2. The van der Waals surface area contributed by atoms with Crippen molar-refractivity contribution < 1.29 is 13.6 Å². The van der Waals surface area contributed by atoms with Gasteiger partial charge < -0.3 is 9.80 Å². The fourth-order valence-electron chi connectivity index (χ4n) is 5.07. The van der Waals surface area contributed by atoms with Gasteiger partial charge in [-0.15, -0.1) is 0 Å². The van der Waals surface area contributed by atoms with Crippen LogP contribution in [0.4, 0.5) is 31.5 Å². The third kappa shape index (κ3) is 3.36. The Bertz CT molecular complexity index is 1320. The molecule has 0 atom stereocenters. The summed E-state index contributed by atoms with van der Waals surface area (Å²) in [4.78, 5) is 17.1. The molecule has 0 fully saturated rings. The zero-order valence-electron chi connectivity index (χ0n) is 18.5. The second-order valence-corrected chi connectivity index (χ2v) is 8.72. The van der Waals surface area contributed by atoms with Crippen molar-refractivity contribution in [2.75, 3.05) is 22.9 Å². The summed E-state index contributed by atoms with van der Waals surface area (Å²) in [5, 5.41) is 0. The Morgan fingerprint density at radius 2 is 1.06 bits per heavy atom. The second-order valence-electron chi connectivity index (χ2n) is 8.72. The van der Waals surface area contributed by atoms with Gasteiger partial charge in [0.05, 0.1) is 11.1 Å². The molecule has 0 amide bonds. The van der Waals surface area contributed by atoms with E-state index in [9.17, 15) is 4.79 Å². The zero-order valence-corrected chi connectivity index (χ0v) is 18.5. The molecule has 2 aliphatic heterocycles. The average molecular weight is 453 g/mol. The van der Waals surface area contributed by atoms with Crippen LogP contribution >= 0.6 is 0 Å². The largest absolute Gasteiger partial charge is 0.341 e. The SMILES string of the molecule is O=C(c1ccc(N2CCc3ccccc32)cc1F)c1ccc(N2CCc3ccccc32)cc1F. The Labute approximate surface area is 196 Å². The van der Waals surface area contributed by atoms with Gasteiger partial charge in [0.25, 0.3) is 0 Å². The van der Waals surface area contributed by atoms with Gasteiger partial charge >= 0.3 is 0 Å². The smallest absolute Gasteiger partial charge is 0.198 e. The molecule has 0 aliphatic carbocycles. The number of hydrogen-bond donors (Lipinski definition) is 0. The minimum Gasteiger partial charge on any atom is -0.341 e. The van der Waals surface area contributed by atoms with Crippen molar-refractivity contribution in [3.8, 4) is 0 Å². The first-order valence-electron chi connectivity index (χ1n) is 11.4. The predicted octanol–water partition coefficient (Wildman–Crippen LogP) is 6.58. The molecule has 4 aromatic rings. The van der Waals surface area contributed by atoms with Crippen molar-refractivity contribution >= 4 is 28.5 Å². The van der Waals surface area contributed by atoms with E-state index in [2.05, 4.69) is 12.1 Å². The summed E-state index contributed by atoms with van der Waals surface area (Å²) < 4.78 is 30.1. The number of ketones is 1. The van der Waals surface area contributed by atoms with Gasteiger partial charge in [-0.25, -0.2) is 8.78 Å². The fourth-order valence-corrected chi connectivity index (χ4v) is 5.07. The topological polar surface area (TPSA) is 23.6 Å². The van der Waals surface area contributed by atoms with Crippen LogP contribution in [0.15, 0.2) is 84.9 Å². The highest BCUT2D eigenvalue weighted by atomic mass is 19.1. The van der Waals surface area contributed by atoms with Crippen molar-refractivity contribution in [3.63, 3.8) is 0 Å².